The second kappa shape index (κ2) is 7.70. The molecule has 2 N–H and O–H groups in total. The maximum absolute atomic E-state index is 13.8. The van der Waals surface area contributed by atoms with Gasteiger partial charge in [0.2, 0.25) is 5.91 Å². The molecule has 1 atom stereocenters. The first kappa shape index (κ1) is 18.1. The Hall–Kier alpha value is -2.67. The van der Waals surface area contributed by atoms with Crippen LogP contribution in [0.1, 0.15) is 23.2 Å². The van der Waals surface area contributed by atoms with Crippen LogP contribution in [0.15, 0.2) is 36.4 Å². The van der Waals surface area contributed by atoms with E-state index in [9.17, 15) is 18.4 Å². The van der Waals surface area contributed by atoms with Crippen molar-refractivity contribution in [2.24, 2.45) is 0 Å². The van der Waals surface area contributed by atoms with Crippen LogP contribution in [0, 0.1) is 11.6 Å². The number of ether oxygens (including phenoxy) is 1. The van der Waals surface area contributed by atoms with Crippen LogP contribution in [0.3, 0.4) is 0 Å². The SMILES string of the molecule is O=C1CC(NC(=O)c2ccc(Cl)cc2Oc2ccc(F)cc2F)CCN1. The van der Waals surface area contributed by atoms with Gasteiger partial charge in [0.25, 0.3) is 5.91 Å². The topological polar surface area (TPSA) is 67.4 Å². The molecule has 3 rings (SSSR count). The lowest BCUT2D eigenvalue weighted by molar-refractivity contribution is -0.122. The molecule has 8 heteroatoms. The molecule has 136 valence electrons. The van der Waals surface area contributed by atoms with Crippen molar-refractivity contribution in [3.05, 3.63) is 58.6 Å². The molecule has 26 heavy (non-hydrogen) atoms. The van der Waals surface area contributed by atoms with Crippen molar-refractivity contribution in [3.63, 3.8) is 0 Å². The van der Waals surface area contributed by atoms with Crippen molar-refractivity contribution in [2.75, 3.05) is 6.54 Å². The van der Waals surface area contributed by atoms with Crippen LogP contribution in [0.5, 0.6) is 11.5 Å². The molecule has 0 bridgehead atoms. The summed E-state index contributed by atoms with van der Waals surface area (Å²) < 4.78 is 32.3. The van der Waals surface area contributed by atoms with E-state index in [1.54, 1.807) is 0 Å². The molecule has 1 fully saturated rings. The van der Waals surface area contributed by atoms with Crippen molar-refractivity contribution in [2.45, 2.75) is 18.9 Å². The lowest BCUT2D eigenvalue weighted by Crippen LogP contribution is -2.45. The molecule has 1 aliphatic rings. The van der Waals surface area contributed by atoms with Gasteiger partial charge in [0.05, 0.1) is 5.56 Å². The Morgan fingerprint density at radius 2 is 2.00 bits per heavy atom. The highest BCUT2D eigenvalue weighted by Crippen LogP contribution is 2.30. The zero-order valence-corrected chi connectivity index (χ0v) is 14.3. The van der Waals surface area contributed by atoms with Crippen molar-refractivity contribution >= 4 is 23.4 Å². The zero-order valence-electron chi connectivity index (χ0n) is 13.5. The van der Waals surface area contributed by atoms with E-state index < -0.39 is 17.5 Å². The van der Waals surface area contributed by atoms with Gasteiger partial charge < -0.3 is 15.4 Å². The monoisotopic (exact) mass is 380 g/mol. The number of benzene rings is 2. The lowest BCUT2D eigenvalue weighted by atomic mass is 10.1. The minimum Gasteiger partial charge on any atom is -0.453 e. The quantitative estimate of drug-likeness (QED) is 0.854. The normalized spacial score (nSPS) is 16.7. The second-order valence-corrected chi connectivity index (χ2v) is 6.27. The number of hydrogen-bond acceptors (Lipinski definition) is 3. The molecule has 2 aromatic rings. The first-order chi connectivity index (χ1) is 12.4. The Morgan fingerprint density at radius 3 is 2.73 bits per heavy atom. The summed E-state index contributed by atoms with van der Waals surface area (Å²) in [5, 5.41) is 5.73. The predicted molar refractivity (Wildman–Crippen MR) is 91.4 cm³/mol. The van der Waals surface area contributed by atoms with Gasteiger partial charge in [0.1, 0.15) is 11.6 Å². The van der Waals surface area contributed by atoms with E-state index in [4.69, 9.17) is 16.3 Å². The Bertz CT molecular complexity index is 860. The molecular formula is C18H15ClF2N2O3. The maximum atomic E-state index is 13.8. The van der Waals surface area contributed by atoms with Crippen molar-refractivity contribution in [1.82, 2.24) is 10.6 Å². The number of carbonyl (C=O) groups excluding carboxylic acids is 2. The van der Waals surface area contributed by atoms with E-state index in [2.05, 4.69) is 10.6 Å². The molecule has 0 spiro atoms. The van der Waals surface area contributed by atoms with Gasteiger partial charge in [-0.2, -0.15) is 0 Å². The third kappa shape index (κ3) is 4.29. The molecule has 5 nitrogen and oxygen atoms in total. The zero-order chi connectivity index (χ0) is 18.7. The van der Waals surface area contributed by atoms with Gasteiger partial charge in [-0.3, -0.25) is 9.59 Å². The smallest absolute Gasteiger partial charge is 0.255 e. The highest BCUT2D eigenvalue weighted by Gasteiger charge is 2.23. The second-order valence-electron chi connectivity index (χ2n) is 5.83. The van der Waals surface area contributed by atoms with E-state index in [1.807, 2.05) is 0 Å². The summed E-state index contributed by atoms with van der Waals surface area (Å²) in [6.45, 7) is 0.481. The summed E-state index contributed by atoms with van der Waals surface area (Å²) in [6.07, 6.45) is 0.788. The molecule has 0 aromatic heterocycles. The first-order valence-corrected chi connectivity index (χ1v) is 8.30. The molecule has 0 radical (unpaired) electrons. The van der Waals surface area contributed by atoms with E-state index in [0.29, 0.717) is 19.0 Å². The van der Waals surface area contributed by atoms with Gasteiger partial charge in [-0.05, 0) is 30.7 Å². The van der Waals surface area contributed by atoms with E-state index in [0.717, 1.165) is 12.1 Å². The fourth-order valence-corrected chi connectivity index (χ4v) is 2.78. The first-order valence-electron chi connectivity index (χ1n) is 7.92. The largest absolute Gasteiger partial charge is 0.453 e. The molecule has 1 unspecified atom stereocenters. The molecular weight excluding hydrogens is 366 g/mol. The summed E-state index contributed by atoms with van der Waals surface area (Å²) in [5.74, 6) is -2.46. The molecule has 1 heterocycles. The number of nitrogens with one attached hydrogen (secondary N) is 2. The minimum absolute atomic E-state index is 0.0285. The van der Waals surface area contributed by atoms with Crippen molar-refractivity contribution in [1.29, 1.82) is 0 Å². The summed E-state index contributed by atoms with van der Waals surface area (Å²) in [7, 11) is 0. The van der Waals surface area contributed by atoms with Gasteiger partial charge in [0.15, 0.2) is 11.6 Å². The Balaban J connectivity index is 1.83. The Labute approximate surface area is 153 Å². The Morgan fingerprint density at radius 1 is 1.19 bits per heavy atom. The van der Waals surface area contributed by atoms with E-state index >= 15 is 0 Å². The lowest BCUT2D eigenvalue weighted by Gasteiger charge is -2.23. The Kier molecular flexibility index (Phi) is 5.37. The summed E-state index contributed by atoms with van der Waals surface area (Å²) in [6, 6.07) is 6.85. The average molecular weight is 381 g/mol. The summed E-state index contributed by atoms with van der Waals surface area (Å²) in [4.78, 5) is 24.0. The standard InChI is InChI=1S/C18H15ClF2N2O3/c19-10-1-3-13(18(25)23-12-5-6-22-17(24)9-12)16(7-10)26-15-4-2-11(20)8-14(15)21/h1-4,7-8,12H,5-6,9H2,(H,22,24)(H,23,25). The predicted octanol–water partition coefficient (Wildman–Crippen LogP) is 3.42. The fourth-order valence-electron chi connectivity index (χ4n) is 2.61. The van der Waals surface area contributed by atoms with Gasteiger partial charge in [-0.15, -0.1) is 0 Å². The van der Waals surface area contributed by atoms with Gasteiger partial charge in [0, 0.05) is 36.2 Å². The maximum Gasteiger partial charge on any atom is 0.255 e. The van der Waals surface area contributed by atoms with Crippen LogP contribution in [-0.2, 0) is 4.79 Å². The van der Waals surface area contributed by atoms with Crippen molar-refractivity contribution in [3.8, 4) is 11.5 Å². The van der Waals surface area contributed by atoms with Crippen LogP contribution < -0.4 is 15.4 Å². The summed E-state index contributed by atoms with van der Waals surface area (Å²) in [5.41, 5.74) is 0.129. The number of carbonyl (C=O) groups is 2. The number of rotatable bonds is 4. The highest BCUT2D eigenvalue weighted by molar-refractivity contribution is 6.30. The molecule has 2 aromatic carbocycles. The highest BCUT2D eigenvalue weighted by atomic mass is 35.5. The van der Waals surface area contributed by atoms with E-state index in [1.165, 1.54) is 18.2 Å². The van der Waals surface area contributed by atoms with Crippen LogP contribution in [-0.4, -0.2) is 24.4 Å². The molecule has 1 saturated heterocycles. The average Bonchev–Trinajstić information content (AvgIpc) is 2.57. The summed E-state index contributed by atoms with van der Waals surface area (Å²) >= 11 is 5.95. The van der Waals surface area contributed by atoms with Gasteiger partial charge in [-0.1, -0.05) is 11.6 Å². The van der Waals surface area contributed by atoms with E-state index in [-0.39, 0.29) is 40.5 Å². The molecule has 1 aliphatic heterocycles. The number of amides is 2. The molecule has 2 amide bonds. The van der Waals surface area contributed by atoms with Crippen LogP contribution >= 0.6 is 11.6 Å². The van der Waals surface area contributed by atoms with Gasteiger partial charge in [-0.25, -0.2) is 8.78 Å². The molecule has 0 saturated carbocycles. The van der Waals surface area contributed by atoms with Crippen LogP contribution in [0.4, 0.5) is 8.78 Å². The fraction of sp³-hybridized carbons (Fsp3) is 0.222. The van der Waals surface area contributed by atoms with Crippen molar-refractivity contribution < 1.29 is 23.1 Å². The third-order valence-corrected chi connectivity index (χ3v) is 4.12. The number of piperidine rings is 1. The van der Waals surface area contributed by atoms with Gasteiger partial charge >= 0.3 is 0 Å². The third-order valence-electron chi connectivity index (χ3n) is 3.88. The minimum atomic E-state index is -0.903. The van der Waals surface area contributed by atoms with Crippen LogP contribution in [0.2, 0.25) is 5.02 Å². The van der Waals surface area contributed by atoms with Crippen LogP contribution in [0.25, 0.3) is 0 Å². The number of halogens is 3. The molecule has 0 aliphatic carbocycles. The number of hydrogen-bond donors (Lipinski definition) is 2.